The number of nitrogens with one attached hydrogen (secondary N) is 1. The van der Waals surface area contributed by atoms with Crippen LogP contribution in [-0.4, -0.2) is 26.0 Å². The number of anilines is 1. The maximum atomic E-state index is 12.1. The van der Waals surface area contributed by atoms with Gasteiger partial charge in [-0.05, 0) is 31.0 Å². The number of hydrogen-bond acceptors (Lipinski definition) is 4. The van der Waals surface area contributed by atoms with E-state index in [4.69, 9.17) is 5.73 Å². The summed E-state index contributed by atoms with van der Waals surface area (Å²) < 4.78 is 26.6. The quantitative estimate of drug-likeness (QED) is 0.660. The molecule has 112 valence electrons. The Bertz CT molecular complexity index is 580. The van der Waals surface area contributed by atoms with Crippen LogP contribution in [0.15, 0.2) is 29.2 Å². The molecule has 1 rings (SSSR count). The summed E-state index contributed by atoms with van der Waals surface area (Å²) in [5.41, 5.74) is 4.80. The zero-order valence-electron chi connectivity index (χ0n) is 11.6. The second-order valence-corrected chi connectivity index (χ2v) is 6.46. The smallest absolute Gasteiger partial charge is 0.310 e. The van der Waals surface area contributed by atoms with Crippen LogP contribution in [0.1, 0.15) is 26.7 Å². The van der Waals surface area contributed by atoms with Gasteiger partial charge in [0, 0.05) is 12.2 Å². The van der Waals surface area contributed by atoms with Gasteiger partial charge < -0.3 is 10.8 Å². The number of nitrogen functional groups attached to an aromatic ring is 1. The standard InChI is InChI=1S/C13H20N2O4S/c1-3-13(4-2,12(16)17)9-15-20(18,19)11-7-5-6-10(14)8-11/h5-8,15H,3-4,9,14H2,1-2H3,(H,16,17). The Balaban J connectivity index is 2.95. The van der Waals surface area contributed by atoms with E-state index in [1.54, 1.807) is 19.9 Å². The molecule has 1 aromatic rings. The molecule has 0 aromatic heterocycles. The fraction of sp³-hybridized carbons (Fsp3) is 0.462. The minimum Gasteiger partial charge on any atom is -0.481 e. The summed E-state index contributed by atoms with van der Waals surface area (Å²) >= 11 is 0. The Labute approximate surface area is 119 Å². The van der Waals surface area contributed by atoms with Crippen molar-refractivity contribution < 1.29 is 18.3 Å². The first-order chi connectivity index (χ1) is 9.27. The molecule has 0 aliphatic carbocycles. The van der Waals surface area contributed by atoms with Crippen molar-refractivity contribution in [1.82, 2.24) is 4.72 Å². The highest BCUT2D eigenvalue weighted by atomic mass is 32.2. The number of sulfonamides is 1. The summed E-state index contributed by atoms with van der Waals surface area (Å²) in [5.74, 6) is -1.00. The topological polar surface area (TPSA) is 109 Å². The third-order valence-corrected chi connectivity index (χ3v) is 4.98. The van der Waals surface area contributed by atoms with Gasteiger partial charge in [0.1, 0.15) is 0 Å². The normalized spacial score (nSPS) is 12.3. The predicted molar refractivity (Wildman–Crippen MR) is 76.7 cm³/mol. The van der Waals surface area contributed by atoms with Crippen molar-refractivity contribution in [2.75, 3.05) is 12.3 Å². The van der Waals surface area contributed by atoms with E-state index in [9.17, 15) is 18.3 Å². The number of aliphatic carboxylic acids is 1. The van der Waals surface area contributed by atoms with Gasteiger partial charge in [-0.2, -0.15) is 0 Å². The van der Waals surface area contributed by atoms with Gasteiger partial charge >= 0.3 is 5.97 Å². The van der Waals surface area contributed by atoms with E-state index >= 15 is 0 Å². The molecule has 0 spiro atoms. The molecular weight excluding hydrogens is 280 g/mol. The molecule has 20 heavy (non-hydrogen) atoms. The van der Waals surface area contributed by atoms with Gasteiger partial charge in [-0.3, -0.25) is 4.79 Å². The summed E-state index contributed by atoms with van der Waals surface area (Å²) in [6, 6.07) is 5.87. The lowest BCUT2D eigenvalue weighted by molar-refractivity contribution is -0.149. The number of benzene rings is 1. The van der Waals surface area contributed by atoms with Gasteiger partial charge in [-0.25, -0.2) is 13.1 Å². The Hall–Kier alpha value is -1.60. The second kappa shape index (κ2) is 6.23. The average Bonchev–Trinajstić information content (AvgIpc) is 2.40. The molecule has 0 heterocycles. The zero-order chi connectivity index (χ0) is 15.4. The molecule has 0 atom stereocenters. The molecule has 0 unspecified atom stereocenters. The molecule has 6 nitrogen and oxygen atoms in total. The Morgan fingerprint density at radius 1 is 1.35 bits per heavy atom. The van der Waals surface area contributed by atoms with E-state index in [1.807, 2.05) is 0 Å². The van der Waals surface area contributed by atoms with Crippen molar-refractivity contribution >= 4 is 21.7 Å². The van der Waals surface area contributed by atoms with Crippen molar-refractivity contribution in [3.63, 3.8) is 0 Å². The SMILES string of the molecule is CCC(CC)(CNS(=O)(=O)c1cccc(N)c1)C(=O)O. The molecule has 1 aromatic carbocycles. The van der Waals surface area contributed by atoms with E-state index in [0.29, 0.717) is 18.5 Å². The molecule has 0 saturated heterocycles. The molecule has 0 amide bonds. The van der Waals surface area contributed by atoms with Crippen LogP contribution in [0.4, 0.5) is 5.69 Å². The van der Waals surface area contributed by atoms with E-state index in [2.05, 4.69) is 4.72 Å². The number of hydrogen-bond donors (Lipinski definition) is 3. The second-order valence-electron chi connectivity index (χ2n) is 4.69. The molecule has 0 radical (unpaired) electrons. The van der Waals surface area contributed by atoms with Gasteiger partial charge in [0.2, 0.25) is 10.0 Å². The highest BCUT2D eigenvalue weighted by Crippen LogP contribution is 2.26. The van der Waals surface area contributed by atoms with E-state index in [0.717, 1.165) is 0 Å². The van der Waals surface area contributed by atoms with Crippen LogP contribution in [-0.2, 0) is 14.8 Å². The summed E-state index contributed by atoms with van der Waals surface area (Å²) in [5, 5.41) is 9.28. The number of rotatable bonds is 7. The Morgan fingerprint density at radius 3 is 2.40 bits per heavy atom. The summed E-state index contributed by atoms with van der Waals surface area (Å²) in [6.07, 6.45) is 0.691. The molecular formula is C13H20N2O4S. The van der Waals surface area contributed by atoms with Crippen molar-refractivity contribution in [1.29, 1.82) is 0 Å². The van der Waals surface area contributed by atoms with Crippen molar-refractivity contribution in [2.45, 2.75) is 31.6 Å². The third-order valence-electron chi connectivity index (χ3n) is 3.58. The first kappa shape index (κ1) is 16.5. The van der Waals surface area contributed by atoms with E-state index in [1.165, 1.54) is 18.2 Å². The summed E-state index contributed by atoms with van der Waals surface area (Å²) in [4.78, 5) is 11.4. The number of carboxylic acid groups (broad SMARTS) is 1. The van der Waals surface area contributed by atoms with Gasteiger partial charge in [-0.1, -0.05) is 19.9 Å². The average molecular weight is 300 g/mol. The molecule has 0 aliphatic rings. The Kier molecular flexibility index (Phi) is 5.13. The predicted octanol–water partition coefficient (Wildman–Crippen LogP) is 1.44. The van der Waals surface area contributed by atoms with Crippen molar-refractivity contribution in [3.05, 3.63) is 24.3 Å². The lowest BCUT2D eigenvalue weighted by Crippen LogP contribution is -2.42. The molecule has 0 bridgehead atoms. The van der Waals surface area contributed by atoms with Gasteiger partial charge in [0.05, 0.1) is 10.3 Å². The number of carboxylic acids is 1. The minimum atomic E-state index is -3.76. The van der Waals surface area contributed by atoms with Gasteiger partial charge in [-0.15, -0.1) is 0 Å². The lowest BCUT2D eigenvalue weighted by Gasteiger charge is -2.26. The van der Waals surface area contributed by atoms with Crippen LogP contribution >= 0.6 is 0 Å². The minimum absolute atomic E-state index is 0.0315. The lowest BCUT2D eigenvalue weighted by atomic mass is 9.83. The summed E-state index contributed by atoms with van der Waals surface area (Å²) in [7, 11) is -3.76. The van der Waals surface area contributed by atoms with Crippen molar-refractivity contribution in [3.8, 4) is 0 Å². The monoisotopic (exact) mass is 300 g/mol. The van der Waals surface area contributed by atoms with E-state index in [-0.39, 0.29) is 11.4 Å². The zero-order valence-corrected chi connectivity index (χ0v) is 12.4. The van der Waals surface area contributed by atoms with Crippen LogP contribution in [0, 0.1) is 5.41 Å². The van der Waals surface area contributed by atoms with Gasteiger partial charge in [0.25, 0.3) is 0 Å². The Morgan fingerprint density at radius 2 is 1.95 bits per heavy atom. The molecule has 0 saturated carbocycles. The fourth-order valence-corrected chi connectivity index (χ4v) is 3.06. The largest absolute Gasteiger partial charge is 0.481 e. The first-order valence-corrected chi connectivity index (χ1v) is 7.84. The summed E-state index contributed by atoms with van der Waals surface area (Å²) in [6.45, 7) is 3.31. The molecule has 7 heteroatoms. The van der Waals surface area contributed by atoms with Gasteiger partial charge in [0.15, 0.2) is 0 Å². The van der Waals surface area contributed by atoms with Crippen LogP contribution in [0.5, 0.6) is 0 Å². The van der Waals surface area contributed by atoms with Crippen LogP contribution in [0.2, 0.25) is 0 Å². The maximum Gasteiger partial charge on any atom is 0.310 e. The highest BCUT2D eigenvalue weighted by Gasteiger charge is 2.36. The first-order valence-electron chi connectivity index (χ1n) is 6.36. The van der Waals surface area contributed by atoms with Crippen LogP contribution < -0.4 is 10.5 Å². The third kappa shape index (κ3) is 3.49. The molecule has 4 N–H and O–H groups in total. The fourth-order valence-electron chi connectivity index (χ4n) is 1.88. The van der Waals surface area contributed by atoms with Crippen molar-refractivity contribution in [2.24, 2.45) is 5.41 Å². The number of carbonyl (C=O) groups is 1. The highest BCUT2D eigenvalue weighted by molar-refractivity contribution is 7.89. The van der Waals surface area contributed by atoms with Crippen LogP contribution in [0.25, 0.3) is 0 Å². The van der Waals surface area contributed by atoms with E-state index < -0.39 is 21.4 Å². The molecule has 0 aliphatic heterocycles. The molecule has 0 fully saturated rings. The van der Waals surface area contributed by atoms with Crippen LogP contribution in [0.3, 0.4) is 0 Å². The maximum absolute atomic E-state index is 12.1. The number of nitrogens with two attached hydrogens (primary N) is 1.